The molecule has 2 aromatic heterocycles. The summed E-state index contributed by atoms with van der Waals surface area (Å²) in [6.45, 7) is 0. The molecule has 4 nitrogen and oxygen atoms in total. The van der Waals surface area contributed by atoms with Gasteiger partial charge in [0.1, 0.15) is 5.69 Å². The minimum Gasteiger partial charge on any atom is -0.398 e. The van der Waals surface area contributed by atoms with E-state index in [2.05, 4.69) is 15.0 Å². The van der Waals surface area contributed by atoms with E-state index in [4.69, 9.17) is 5.73 Å². The van der Waals surface area contributed by atoms with E-state index in [0.29, 0.717) is 11.5 Å². The predicted molar refractivity (Wildman–Crippen MR) is 67.2 cm³/mol. The first-order chi connectivity index (χ1) is 8.34. The Bertz CT molecular complexity index is 665. The summed E-state index contributed by atoms with van der Waals surface area (Å²) in [4.78, 5) is 13.0. The number of pyridine rings is 1. The fourth-order valence-electron chi connectivity index (χ4n) is 1.70. The average molecular weight is 222 g/mol. The summed E-state index contributed by atoms with van der Waals surface area (Å²) < 4.78 is 0. The van der Waals surface area contributed by atoms with E-state index < -0.39 is 0 Å². The van der Waals surface area contributed by atoms with Crippen molar-refractivity contribution in [3.8, 4) is 11.5 Å². The minimum atomic E-state index is 0.615. The van der Waals surface area contributed by atoms with Gasteiger partial charge in [-0.1, -0.05) is 12.1 Å². The lowest BCUT2D eigenvalue weighted by Crippen LogP contribution is -1.94. The summed E-state index contributed by atoms with van der Waals surface area (Å²) in [7, 11) is 0. The van der Waals surface area contributed by atoms with Crippen molar-refractivity contribution in [3.63, 3.8) is 0 Å². The number of benzene rings is 1. The topological polar surface area (TPSA) is 64.7 Å². The first-order valence-corrected chi connectivity index (χ1v) is 5.27. The van der Waals surface area contributed by atoms with Crippen LogP contribution in [0.15, 0.2) is 48.8 Å². The van der Waals surface area contributed by atoms with E-state index in [0.717, 1.165) is 16.6 Å². The van der Waals surface area contributed by atoms with Crippen LogP contribution in [0, 0.1) is 0 Å². The molecule has 0 bridgehead atoms. The summed E-state index contributed by atoms with van der Waals surface area (Å²) >= 11 is 0. The number of hydrogen-bond acceptors (Lipinski definition) is 4. The number of nitrogen functional groups attached to an aromatic ring is 1. The van der Waals surface area contributed by atoms with E-state index in [-0.39, 0.29) is 0 Å². The second-order valence-electron chi connectivity index (χ2n) is 3.69. The van der Waals surface area contributed by atoms with Crippen molar-refractivity contribution in [3.05, 3.63) is 48.8 Å². The van der Waals surface area contributed by atoms with Gasteiger partial charge in [-0.25, -0.2) is 9.97 Å². The van der Waals surface area contributed by atoms with E-state index in [9.17, 15) is 0 Å². The molecule has 0 aliphatic rings. The van der Waals surface area contributed by atoms with Crippen LogP contribution in [0.5, 0.6) is 0 Å². The SMILES string of the molecule is Nc1cccc2nc(-c3ccccn3)ncc12. The Morgan fingerprint density at radius 3 is 2.71 bits per heavy atom. The molecule has 1 aromatic carbocycles. The molecule has 0 fully saturated rings. The molecular formula is C13H10N4. The third-order valence-electron chi connectivity index (χ3n) is 2.55. The fourth-order valence-corrected chi connectivity index (χ4v) is 1.70. The first kappa shape index (κ1) is 9.72. The number of hydrogen-bond donors (Lipinski definition) is 1. The van der Waals surface area contributed by atoms with E-state index in [1.54, 1.807) is 12.4 Å². The Morgan fingerprint density at radius 2 is 1.88 bits per heavy atom. The third-order valence-corrected chi connectivity index (χ3v) is 2.55. The first-order valence-electron chi connectivity index (χ1n) is 5.27. The van der Waals surface area contributed by atoms with Gasteiger partial charge in [-0.05, 0) is 24.3 Å². The molecule has 2 N–H and O–H groups in total. The van der Waals surface area contributed by atoms with Crippen molar-refractivity contribution in [2.24, 2.45) is 0 Å². The number of rotatable bonds is 1. The van der Waals surface area contributed by atoms with Crippen LogP contribution in [0.4, 0.5) is 5.69 Å². The molecule has 0 saturated carbocycles. The van der Waals surface area contributed by atoms with Gasteiger partial charge in [0.05, 0.1) is 5.52 Å². The lowest BCUT2D eigenvalue weighted by molar-refractivity contribution is 1.18. The zero-order valence-electron chi connectivity index (χ0n) is 9.04. The molecule has 82 valence electrons. The van der Waals surface area contributed by atoms with Crippen LogP contribution in [0.25, 0.3) is 22.4 Å². The molecule has 0 aliphatic carbocycles. The molecule has 17 heavy (non-hydrogen) atoms. The number of nitrogens with zero attached hydrogens (tertiary/aromatic N) is 3. The van der Waals surface area contributed by atoms with Gasteiger partial charge in [0.2, 0.25) is 0 Å². The van der Waals surface area contributed by atoms with Crippen molar-refractivity contribution in [2.45, 2.75) is 0 Å². The monoisotopic (exact) mass is 222 g/mol. The van der Waals surface area contributed by atoms with Gasteiger partial charge < -0.3 is 5.73 Å². The van der Waals surface area contributed by atoms with Crippen LogP contribution < -0.4 is 5.73 Å². The zero-order valence-corrected chi connectivity index (χ0v) is 9.04. The Kier molecular flexibility index (Phi) is 2.19. The number of aromatic nitrogens is 3. The second kappa shape index (κ2) is 3.83. The Balaban J connectivity index is 2.21. The maximum absolute atomic E-state index is 5.85. The molecule has 3 rings (SSSR count). The molecular weight excluding hydrogens is 212 g/mol. The smallest absolute Gasteiger partial charge is 0.178 e. The molecule has 0 amide bonds. The number of nitrogens with two attached hydrogens (primary N) is 1. The highest BCUT2D eigenvalue weighted by atomic mass is 14.9. The molecule has 0 spiro atoms. The molecule has 0 radical (unpaired) electrons. The minimum absolute atomic E-state index is 0.615. The zero-order chi connectivity index (χ0) is 11.7. The van der Waals surface area contributed by atoms with Gasteiger partial charge in [-0.3, -0.25) is 4.98 Å². The van der Waals surface area contributed by atoms with Crippen molar-refractivity contribution < 1.29 is 0 Å². The van der Waals surface area contributed by atoms with E-state index >= 15 is 0 Å². The van der Waals surface area contributed by atoms with Crippen LogP contribution in [0.1, 0.15) is 0 Å². The molecule has 4 heteroatoms. The highest BCUT2D eigenvalue weighted by molar-refractivity contribution is 5.90. The predicted octanol–water partition coefficient (Wildman–Crippen LogP) is 2.27. The molecule has 0 atom stereocenters. The van der Waals surface area contributed by atoms with Crippen LogP contribution >= 0.6 is 0 Å². The highest BCUT2D eigenvalue weighted by Crippen LogP contribution is 2.20. The maximum atomic E-state index is 5.85. The van der Waals surface area contributed by atoms with Gasteiger partial charge in [0.25, 0.3) is 0 Å². The Labute approximate surface area is 98.2 Å². The normalized spacial score (nSPS) is 10.6. The van der Waals surface area contributed by atoms with Crippen LogP contribution in [0.3, 0.4) is 0 Å². The standard InChI is InChI=1S/C13H10N4/c14-10-4-3-6-11-9(10)8-16-13(17-11)12-5-1-2-7-15-12/h1-8H,14H2. The lowest BCUT2D eigenvalue weighted by Gasteiger charge is -2.03. The summed E-state index contributed by atoms with van der Waals surface area (Å²) in [5, 5.41) is 0.868. The number of fused-ring (bicyclic) bond motifs is 1. The average Bonchev–Trinajstić information content (AvgIpc) is 2.40. The maximum Gasteiger partial charge on any atom is 0.178 e. The summed E-state index contributed by atoms with van der Waals surface area (Å²) in [5.41, 5.74) is 8.13. The number of anilines is 1. The van der Waals surface area contributed by atoms with Gasteiger partial charge >= 0.3 is 0 Å². The fraction of sp³-hybridized carbons (Fsp3) is 0. The Morgan fingerprint density at radius 1 is 0.941 bits per heavy atom. The molecule has 2 heterocycles. The van der Waals surface area contributed by atoms with Gasteiger partial charge in [-0.15, -0.1) is 0 Å². The van der Waals surface area contributed by atoms with Crippen molar-refractivity contribution >= 4 is 16.6 Å². The Hall–Kier alpha value is -2.49. The quantitative estimate of drug-likeness (QED) is 0.641. The molecule has 0 aliphatic heterocycles. The third kappa shape index (κ3) is 1.69. The summed E-state index contributed by atoms with van der Waals surface area (Å²) in [5.74, 6) is 0.615. The second-order valence-corrected chi connectivity index (χ2v) is 3.69. The largest absolute Gasteiger partial charge is 0.398 e. The molecule has 0 unspecified atom stereocenters. The van der Waals surface area contributed by atoms with Crippen molar-refractivity contribution in [1.29, 1.82) is 0 Å². The van der Waals surface area contributed by atoms with E-state index in [1.807, 2.05) is 36.4 Å². The molecule has 0 saturated heterocycles. The van der Waals surface area contributed by atoms with E-state index in [1.165, 1.54) is 0 Å². The highest BCUT2D eigenvalue weighted by Gasteiger charge is 2.04. The van der Waals surface area contributed by atoms with Crippen LogP contribution in [0.2, 0.25) is 0 Å². The van der Waals surface area contributed by atoms with Gasteiger partial charge in [0.15, 0.2) is 5.82 Å². The summed E-state index contributed by atoms with van der Waals surface area (Å²) in [6, 6.07) is 11.3. The van der Waals surface area contributed by atoms with Crippen LogP contribution in [-0.4, -0.2) is 15.0 Å². The van der Waals surface area contributed by atoms with Gasteiger partial charge in [0, 0.05) is 23.5 Å². The van der Waals surface area contributed by atoms with Crippen LogP contribution in [-0.2, 0) is 0 Å². The lowest BCUT2D eigenvalue weighted by atomic mass is 10.2. The molecule has 3 aromatic rings. The van der Waals surface area contributed by atoms with Crippen molar-refractivity contribution in [2.75, 3.05) is 5.73 Å². The van der Waals surface area contributed by atoms with Gasteiger partial charge in [-0.2, -0.15) is 0 Å². The summed E-state index contributed by atoms with van der Waals surface area (Å²) in [6.07, 6.45) is 3.46. The van der Waals surface area contributed by atoms with Crippen molar-refractivity contribution in [1.82, 2.24) is 15.0 Å².